The molecule has 7 heteroatoms. The van der Waals surface area contributed by atoms with Gasteiger partial charge in [-0.1, -0.05) is 19.3 Å². The number of aliphatic carboxylic acids is 1. The molecule has 0 spiro atoms. The molecule has 0 aromatic carbocycles. The zero-order valence-corrected chi connectivity index (χ0v) is 11.9. The Bertz CT molecular complexity index is 367. The number of carboxylic acid groups (broad SMARTS) is 1. The standard InChI is InChI=1S/C13H23N3O4/c1-8(11(17)14-2)15-13(20)16-10(12(18)19)9-6-4-3-5-7-9/h8-10H,3-7H2,1-2H3,(H,14,17)(H,18,19)(H2,15,16,20). The zero-order valence-electron chi connectivity index (χ0n) is 11.9. The molecule has 1 aliphatic carbocycles. The molecule has 2 unspecified atom stereocenters. The van der Waals surface area contributed by atoms with Gasteiger partial charge in [-0.05, 0) is 25.7 Å². The largest absolute Gasteiger partial charge is 0.480 e. The number of carbonyl (C=O) groups excluding carboxylic acids is 2. The van der Waals surface area contributed by atoms with Crippen LogP contribution < -0.4 is 16.0 Å². The molecule has 7 nitrogen and oxygen atoms in total. The molecule has 0 heterocycles. The summed E-state index contributed by atoms with van der Waals surface area (Å²) >= 11 is 0. The fourth-order valence-electron chi connectivity index (χ4n) is 2.51. The van der Waals surface area contributed by atoms with Gasteiger partial charge in [-0.15, -0.1) is 0 Å². The molecule has 1 saturated carbocycles. The van der Waals surface area contributed by atoms with Crippen molar-refractivity contribution in [1.82, 2.24) is 16.0 Å². The van der Waals surface area contributed by atoms with Crippen molar-refractivity contribution in [1.29, 1.82) is 0 Å². The highest BCUT2D eigenvalue weighted by molar-refractivity contribution is 5.88. The van der Waals surface area contributed by atoms with Crippen molar-refractivity contribution in [2.45, 2.75) is 51.1 Å². The molecule has 1 rings (SSSR count). The van der Waals surface area contributed by atoms with Gasteiger partial charge in [0.15, 0.2) is 0 Å². The minimum absolute atomic E-state index is 0.0395. The van der Waals surface area contributed by atoms with Crippen molar-refractivity contribution in [2.24, 2.45) is 5.92 Å². The Labute approximate surface area is 118 Å². The van der Waals surface area contributed by atoms with Crippen molar-refractivity contribution in [2.75, 3.05) is 7.05 Å². The summed E-state index contributed by atoms with van der Waals surface area (Å²) in [5.74, 6) is -1.40. The SMILES string of the molecule is CNC(=O)C(C)NC(=O)NC(C(=O)O)C1CCCCC1. The highest BCUT2D eigenvalue weighted by Gasteiger charge is 2.31. The van der Waals surface area contributed by atoms with Gasteiger partial charge in [0, 0.05) is 7.05 Å². The Morgan fingerprint density at radius 1 is 1.10 bits per heavy atom. The van der Waals surface area contributed by atoms with Crippen LogP contribution in [0.4, 0.5) is 4.79 Å². The molecule has 1 fully saturated rings. The van der Waals surface area contributed by atoms with Gasteiger partial charge in [-0.25, -0.2) is 9.59 Å². The van der Waals surface area contributed by atoms with Crippen molar-refractivity contribution >= 4 is 17.9 Å². The predicted molar refractivity (Wildman–Crippen MR) is 73.2 cm³/mol. The fraction of sp³-hybridized carbons (Fsp3) is 0.769. The lowest BCUT2D eigenvalue weighted by Crippen LogP contribution is -2.54. The van der Waals surface area contributed by atoms with Crippen LogP contribution in [-0.4, -0.2) is 42.1 Å². The topological polar surface area (TPSA) is 108 Å². The summed E-state index contributed by atoms with van der Waals surface area (Å²) in [7, 11) is 1.47. The van der Waals surface area contributed by atoms with E-state index >= 15 is 0 Å². The molecular weight excluding hydrogens is 262 g/mol. The lowest BCUT2D eigenvalue weighted by atomic mass is 9.84. The van der Waals surface area contributed by atoms with E-state index in [0.717, 1.165) is 32.1 Å². The summed E-state index contributed by atoms with van der Waals surface area (Å²) < 4.78 is 0. The van der Waals surface area contributed by atoms with Gasteiger partial charge in [0.25, 0.3) is 0 Å². The van der Waals surface area contributed by atoms with Crippen LogP contribution in [-0.2, 0) is 9.59 Å². The second kappa shape index (κ2) is 7.72. The van der Waals surface area contributed by atoms with E-state index in [2.05, 4.69) is 16.0 Å². The molecule has 2 atom stereocenters. The van der Waals surface area contributed by atoms with Crippen molar-refractivity contribution in [3.8, 4) is 0 Å². The van der Waals surface area contributed by atoms with E-state index < -0.39 is 24.1 Å². The van der Waals surface area contributed by atoms with E-state index in [1.165, 1.54) is 14.0 Å². The summed E-state index contributed by atoms with van der Waals surface area (Å²) in [5.41, 5.74) is 0. The average Bonchev–Trinajstić information content (AvgIpc) is 2.44. The Hall–Kier alpha value is -1.79. The van der Waals surface area contributed by atoms with Crippen LogP contribution in [0.1, 0.15) is 39.0 Å². The van der Waals surface area contributed by atoms with Crippen LogP contribution in [0, 0.1) is 5.92 Å². The summed E-state index contributed by atoms with van der Waals surface area (Å²) in [4.78, 5) is 34.4. The van der Waals surface area contributed by atoms with Gasteiger partial charge in [0.05, 0.1) is 0 Å². The van der Waals surface area contributed by atoms with Crippen molar-refractivity contribution in [3.63, 3.8) is 0 Å². The first-order valence-corrected chi connectivity index (χ1v) is 6.97. The van der Waals surface area contributed by atoms with Gasteiger partial charge in [-0.2, -0.15) is 0 Å². The number of hydrogen-bond acceptors (Lipinski definition) is 3. The van der Waals surface area contributed by atoms with Gasteiger partial charge in [0.2, 0.25) is 5.91 Å². The number of nitrogens with one attached hydrogen (secondary N) is 3. The molecule has 3 amide bonds. The third-order valence-corrected chi connectivity index (χ3v) is 3.66. The van der Waals surface area contributed by atoms with Crippen LogP contribution in [0.15, 0.2) is 0 Å². The van der Waals surface area contributed by atoms with Gasteiger partial charge in [0.1, 0.15) is 12.1 Å². The predicted octanol–water partition coefficient (Wildman–Crippen LogP) is 0.454. The summed E-state index contributed by atoms with van der Waals surface area (Å²) in [6, 6.07) is -2.23. The van der Waals surface area contributed by atoms with Crippen LogP contribution in [0.5, 0.6) is 0 Å². The van der Waals surface area contributed by atoms with Gasteiger partial charge < -0.3 is 21.1 Å². The number of urea groups is 1. The maximum atomic E-state index is 11.8. The molecule has 0 radical (unpaired) electrons. The Kier molecular flexibility index (Phi) is 6.27. The number of rotatable bonds is 5. The maximum Gasteiger partial charge on any atom is 0.326 e. The Morgan fingerprint density at radius 2 is 1.70 bits per heavy atom. The van der Waals surface area contributed by atoms with E-state index in [4.69, 9.17) is 0 Å². The highest BCUT2D eigenvalue weighted by atomic mass is 16.4. The quantitative estimate of drug-likeness (QED) is 0.588. The minimum Gasteiger partial charge on any atom is -0.480 e. The van der Waals surface area contributed by atoms with Crippen LogP contribution in [0.2, 0.25) is 0 Å². The van der Waals surface area contributed by atoms with Crippen LogP contribution >= 0.6 is 0 Å². The molecule has 114 valence electrons. The zero-order chi connectivity index (χ0) is 15.1. The lowest BCUT2D eigenvalue weighted by molar-refractivity contribution is -0.141. The Balaban J connectivity index is 2.54. The number of carboxylic acids is 1. The van der Waals surface area contributed by atoms with E-state index in [0.29, 0.717) is 0 Å². The molecule has 4 N–H and O–H groups in total. The lowest BCUT2D eigenvalue weighted by Gasteiger charge is -2.28. The van der Waals surface area contributed by atoms with Crippen LogP contribution in [0.25, 0.3) is 0 Å². The first-order chi connectivity index (χ1) is 9.45. The van der Waals surface area contributed by atoms with E-state index in [1.807, 2.05) is 0 Å². The smallest absolute Gasteiger partial charge is 0.326 e. The molecule has 20 heavy (non-hydrogen) atoms. The second-order valence-corrected chi connectivity index (χ2v) is 5.17. The van der Waals surface area contributed by atoms with E-state index in [1.54, 1.807) is 0 Å². The fourth-order valence-corrected chi connectivity index (χ4v) is 2.51. The molecule has 0 aromatic rings. The molecule has 0 saturated heterocycles. The molecule has 1 aliphatic rings. The summed E-state index contributed by atoms with van der Waals surface area (Å²) in [6.45, 7) is 1.54. The van der Waals surface area contributed by atoms with Crippen molar-refractivity contribution < 1.29 is 19.5 Å². The third-order valence-electron chi connectivity index (χ3n) is 3.66. The third kappa shape index (κ3) is 4.71. The average molecular weight is 285 g/mol. The monoisotopic (exact) mass is 285 g/mol. The number of amides is 3. The summed E-state index contributed by atoms with van der Waals surface area (Å²) in [5, 5.41) is 16.5. The first-order valence-electron chi connectivity index (χ1n) is 6.97. The molecule has 0 aromatic heterocycles. The second-order valence-electron chi connectivity index (χ2n) is 5.17. The summed E-state index contributed by atoms with van der Waals surface area (Å²) in [6.07, 6.45) is 4.71. The number of carbonyl (C=O) groups is 3. The van der Waals surface area contributed by atoms with E-state index in [-0.39, 0.29) is 11.8 Å². The van der Waals surface area contributed by atoms with Crippen molar-refractivity contribution in [3.05, 3.63) is 0 Å². The van der Waals surface area contributed by atoms with Gasteiger partial charge >= 0.3 is 12.0 Å². The highest BCUT2D eigenvalue weighted by Crippen LogP contribution is 2.26. The molecule has 0 aliphatic heterocycles. The minimum atomic E-state index is -1.03. The van der Waals surface area contributed by atoms with Gasteiger partial charge in [-0.3, -0.25) is 4.79 Å². The Morgan fingerprint density at radius 3 is 2.20 bits per heavy atom. The first kappa shape index (κ1) is 16.3. The number of likely N-dealkylation sites (N-methyl/N-ethyl adjacent to an activating group) is 1. The number of hydrogen-bond donors (Lipinski definition) is 4. The van der Waals surface area contributed by atoms with E-state index in [9.17, 15) is 19.5 Å². The molecule has 0 bridgehead atoms. The molecular formula is C13H23N3O4. The normalized spacial score (nSPS) is 18.7. The maximum absolute atomic E-state index is 11.8. The van der Waals surface area contributed by atoms with Crippen LogP contribution in [0.3, 0.4) is 0 Å².